The molecule has 1 aromatic rings. The molecule has 0 aliphatic carbocycles. The largest absolute Gasteiger partial charge is 0.492 e. The molecule has 1 atom stereocenters. The molecule has 4 N–H and O–H groups in total. The Balaban J connectivity index is 2.39. The maximum absolute atomic E-state index is 11.8. The zero-order valence-corrected chi connectivity index (χ0v) is 13.6. The van der Waals surface area contributed by atoms with Crippen LogP contribution in [0.1, 0.15) is 27.7 Å². The number of benzene rings is 1. The van der Waals surface area contributed by atoms with E-state index in [1.165, 1.54) is 6.92 Å². The normalized spacial score (nSPS) is 12.4. The van der Waals surface area contributed by atoms with E-state index in [2.05, 4.69) is 10.6 Å². The number of nitrogens with one attached hydrogen (secondary N) is 2. The van der Waals surface area contributed by atoms with Crippen molar-refractivity contribution in [2.75, 3.05) is 18.5 Å². The van der Waals surface area contributed by atoms with Crippen LogP contribution in [0.15, 0.2) is 24.3 Å². The van der Waals surface area contributed by atoms with E-state index in [1.807, 2.05) is 20.8 Å². The van der Waals surface area contributed by atoms with Crippen LogP contribution in [0, 0.1) is 5.41 Å². The second kappa shape index (κ2) is 7.79. The summed E-state index contributed by atoms with van der Waals surface area (Å²) in [6, 6.07) is 6.51. The van der Waals surface area contributed by atoms with Crippen molar-refractivity contribution in [2.45, 2.75) is 33.7 Å². The Labute approximate surface area is 131 Å². The fourth-order valence-electron chi connectivity index (χ4n) is 1.71. The molecule has 0 radical (unpaired) electrons. The highest BCUT2D eigenvalue weighted by molar-refractivity contribution is 5.88. The zero-order chi connectivity index (χ0) is 16.8. The first-order chi connectivity index (χ1) is 10.2. The van der Waals surface area contributed by atoms with Crippen LogP contribution in [0.4, 0.5) is 5.69 Å². The van der Waals surface area contributed by atoms with E-state index >= 15 is 0 Å². The molecule has 122 valence electrons. The monoisotopic (exact) mass is 307 g/mol. The molecule has 0 heterocycles. The number of anilines is 1. The lowest BCUT2D eigenvalue weighted by atomic mass is 9.87. The fraction of sp³-hybridized carbons (Fsp3) is 0.500. The smallest absolute Gasteiger partial charge is 0.237 e. The van der Waals surface area contributed by atoms with Gasteiger partial charge in [0, 0.05) is 18.7 Å². The van der Waals surface area contributed by atoms with Crippen molar-refractivity contribution < 1.29 is 14.3 Å². The summed E-state index contributed by atoms with van der Waals surface area (Å²) in [7, 11) is 0. The second-order valence-corrected chi connectivity index (χ2v) is 6.19. The molecule has 0 aliphatic rings. The third kappa shape index (κ3) is 6.13. The number of ether oxygens (including phenoxy) is 1. The van der Waals surface area contributed by atoms with E-state index in [9.17, 15) is 9.59 Å². The van der Waals surface area contributed by atoms with Gasteiger partial charge in [-0.1, -0.05) is 26.8 Å². The van der Waals surface area contributed by atoms with Crippen LogP contribution in [-0.4, -0.2) is 31.0 Å². The molecule has 1 rings (SSSR count). The molecule has 0 saturated carbocycles. The van der Waals surface area contributed by atoms with E-state index in [1.54, 1.807) is 24.3 Å². The summed E-state index contributed by atoms with van der Waals surface area (Å²) < 4.78 is 5.54. The number of nitrogens with two attached hydrogens (primary N) is 1. The fourth-order valence-corrected chi connectivity index (χ4v) is 1.71. The average molecular weight is 307 g/mol. The molecule has 2 amide bonds. The molecule has 0 saturated heterocycles. The third-order valence-electron chi connectivity index (χ3n) is 3.04. The van der Waals surface area contributed by atoms with E-state index in [4.69, 9.17) is 10.5 Å². The second-order valence-electron chi connectivity index (χ2n) is 6.19. The van der Waals surface area contributed by atoms with Crippen LogP contribution in [0.3, 0.4) is 0 Å². The zero-order valence-electron chi connectivity index (χ0n) is 13.6. The van der Waals surface area contributed by atoms with E-state index < -0.39 is 6.04 Å². The highest BCUT2D eigenvalue weighted by Gasteiger charge is 2.26. The summed E-state index contributed by atoms with van der Waals surface area (Å²) in [6.45, 7) is 7.89. The molecule has 0 aromatic heterocycles. The van der Waals surface area contributed by atoms with Crippen molar-refractivity contribution in [1.82, 2.24) is 5.32 Å². The Morgan fingerprint density at radius 2 is 2.00 bits per heavy atom. The van der Waals surface area contributed by atoms with Gasteiger partial charge in [0.15, 0.2) is 0 Å². The van der Waals surface area contributed by atoms with Gasteiger partial charge in [-0.15, -0.1) is 0 Å². The molecular formula is C16H25N3O3. The van der Waals surface area contributed by atoms with Crippen molar-refractivity contribution in [3.8, 4) is 5.75 Å². The number of amides is 2. The van der Waals surface area contributed by atoms with Crippen LogP contribution in [0.5, 0.6) is 5.75 Å². The molecule has 0 aliphatic heterocycles. The topological polar surface area (TPSA) is 93.5 Å². The summed E-state index contributed by atoms with van der Waals surface area (Å²) in [5.74, 6) is 0.296. The molecule has 0 spiro atoms. The summed E-state index contributed by atoms with van der Waals surface area (Å²) in [6.07, 6.45) is 0. The van der Waals surface area contributed by atoms with Gasteiger partial charge >= 0.3 is 0 Å². The quantitative estimate of drug-likeness (QED) is 0.695. The van der Waals surface area contributed by atoms with Gasteiger partial charge < -0.3 is 21.1 Å². The molecule has 6 nitrogen and oxygen atoms in total. The number of rotatable bonds is 6. The Kier molecular flexibility index (Phi) is 6.37. The lowest BCUT2D eigenvalue weighted by molar-refractivity contribution is -0.124. The van der Waals surface area contributed by atoms with Gasteiger partial charge in [0.1, 0.15) is 12.4 Å². The van der Waals surface area contributed by atoms with E-state index in [0.717, 1.165) is 0 Å². The molecular weight excluding hydrogens is 282 g/mol. The van der Waals surface area contributed by atoms with Gasteiger partial charge in [-0.3, -0.25) is 9.59 Å². The molecule has 22 heavy (non-hydrogen) atoms. The Morgan fingerprint density at radius 3 is 2.59 bits per heavy atom. The predicted molar refractivity (Wildman–Crippen MR) is 86.7 cm³/mol. The van der Waals surface area contributed by atoms with Gasteiger partial charge in [-0.05, 0) is 17.5 Å². The van der Waals surface area contributed by atoms with Crippen LogP contribution in [0.2, 0.25) is 0 Å². The highest BCUT2D eigenvalue weighted by Crippen LogP contribution is 2.18. The van der Waals surface area contributed by atoms with E-state index in [-0.39, 0.29) is 17.2 Å². The lowest BCUT2D eigenvalue weighted by Crippen LogP contribution is -2.49. The minimum Gasteiger partial charge on any atom is -0.492 e. The maximum Gasteiger partial charge on any atom is 0.237 e. The minimum atomic E-state index is -0.560. The summed E-state index contributed by atoms with van der Waals surface area (Å²) >= 11 is 0. The number of carbonyl (C=O) groups excluding carboxylic acids is 2. The van der Waals surface area contributed by atoms with Gasteiger partial charge in [0.05, 0.1) is 12.6 Å². The SMILES string of the molecule is CC(=O)Nc1cccc(OCCNC(=O)[C@@H](N)C(C)(C)C)c1. The summed E-state index contributed by atoms with van der Waals surface area (Å²) in [5.41, 5.74) is 6.25. The van der Waals surface area contributed by atoms with Crippen LogP contribution in [-0.2, 0) is 9.59 Å². The molecule has 1 aromatic carbocycles. The predicted octanol–water partition coefficient (Wildman–Crippen LogP) is 1.51. The Morgan fingerprint density at radius 1 is 1.32 bits per heavy atom. The molecule has 6 heteroatoms. The molecule has 0 unspecified atom stereocenters. The van der Waals surface area contributed by atoms with Crippen molar-refractivity contribution in [3.05, 3.63) is 24.3 Å². The lowest BCUT2D eigenvalue weighted by Gasteiger charge is -2.25. The van der Waals surface area contributed by atoms with Crippen LogP contribution >= 0.6 is 0 Å². The van der Waals surface area contributed by atoms with Crippen molar-refractivity contribution in [1.29, 1.82) is 0 Å². The first kappa shape index (κ1) is 18.0. The standard InChI is InChI=1S/C16H25N3O3/c1-11(20)19-12-6-5-7-13(10-12)22-9-8-18-15(21)14(17)16(2,3)4/h5-7,10,14H,8-9,17H2,1-4H3,(H,18,21)(H,19,20)/t14-/m1/s1. The highest BCUT2D eigenvalue weighted by atomic mass is 16.5. The molecule has 0 bridgehead atoms. The maximum atomic E-state index is 11.8. The van der Waals surface area contributed by atoms with Crippen molar-refractivity contribution in [2.24, 2.45) is 11.1 Å². The van der Waals surface area contributed by atoms with Gasteiger partial charge in [-0.2, -0.15) is 0 Å². The van der Waals surface area contributed by atoms with Crippen molar-refractivity contribution >= 4 is 17.5 Å². The summed E-state index contributed by atoms with van der Waals surface area (Å²) in [4.78, 5) is 22.8. The number of hydrogen-bond donors (Lipinski definition) is 3. The average Bonchev–Trinajstić information content (AvgIpc) is 2.41. The van der Waals surface area contributed by atoms with E-state index in [0.29, 0.717) is 24.6 Å². The number of hydrogen-bond acceptors (Lipinski definition) is 4. The first-order valence-electron chi connectivity index (χ1n) is 7.24. The van der Waals surface area contributed by atoms with Gasteiger partial charge in [0.25, 0.3) is 0 Å². The molecule has 0 fully saturated rings. The Bertz CT molecular complexity index is 524. The Hall–Kier alpha value is -2.08. The summed E-state index contributed by atoms with van der Waals surface area (Å²) in [5, 5.41) is 5.43. The van der Waals surface area contributed by atoms with Gasteiger partial charge in [-0.25, -0.2) is 0 Å². The van der Waals surface area contributed by atoms with Gasteiger partial charge in [0.2, 0.25) is 11.8 Å². The van der Waals surface area contributed by atoms with Crippen LogP contribution < -0.4 is 21.1 Å². The minimum absolute atomic E-state index is 0.138. The third-order valence-corrected chi connectivity index (χ3v) is 3.04. The van der Waals surface area contributed by atoms with Crippen LogP contribution in [0.25, 0.3) is 0 Å². The number of carbonyl (C=O) groups is 2. The van der Waals surface area contributed by atoms with Crippen molar-refractivity contribution in [3.63, 3.8) is 0 Å². The first-order valence-corrected chi connectivity index (χ1v) is 7.24.